The predicted molar refractivity (Wildman–Crippen MR) is 88.9 cm³/mol. The van der Waals surface area contributed by atoms with Crippen LogP contribution in [0.15, 0.2) is 46.1 Å². The van der Waals surface area contributed by atoms with E-state index in [1.165, 1.54) is 22.8 Å². The van der Waals surface area contributed by atoms with Crippen molar-refractivity contribution >= 4 is 37.3 Å². The van der Waals surface area contributed by atoms with Crippen molar-refractivity contribution in [3.63, 3.8) is 0 Å². The second kappa shape index (κ2) is 5.99. The summed E-state index contributed by atoms with van der Waals surface area (Å²) in [7, 11) is -4.07. The molecule has 0 spiro atoms. The molecule has 0 aliphatic heterocycles. The van der Waals surface area contributed by atoms with Crippen LogP contribution in [0.2, 0.25) is 0 Å². The van der Waals surface area contributed by atoms with Crippen molar-refractivity contribution in [1.82, 2.24) is 4.57 Å². The maximum atomic E-state index is 13.6. The van der Waals surface area contributed by atoms with Crippen LogP contribution in [-0.4, -0.2) is 13.0 Å². The molecule has 0 amide bonds. The Balaban J connectivity index is 2.03. The molecular weight excluding hydrogens is 358 g/mol. The van der Waals surface area contributed by atoms with Gasteiger partial charge in [-0.05, 0) is 37.3 Å². The van der Waals surface area contributed by atoms with Crippen LogP contribution in [0.5, 0.6) is 0 Å². The first kappa shape index (κ1) is 16.6. The zero-order valence-corrected chi connectivity index (χ0v) is 14.0. The number of aromatic nitrogens is 1. The van der Waals surface area contributed by atoms with E-state index in [4.69, 9.17) is 0 Å². The van der Waals surface area contributed by atoms with Crippen LogP contribution in [0, 0.1) is 11.6 Å². The zero-order chi connectivity index (χ0) is 17.5. The van der Waals surface area contributed by atoms with Gasteiger partial charge in [-0.2, -0.15) is 0 Å². The summed E-state index contributed by atoms with van der Waals surface area (Å²) in [6.45, 7) is 2.29. The normalized spacial score (nSPS) is 11.8. The lowest BCUT2D eigenvalue weighted by atomic mass is 10.3. The summed E-state index contributed by atoms with van der Waals surface area (Å²) in [5.41, 5.74) is 0.287. The molecule has 3 rings (SSSR count). The summed E-state index contributed by atoms with van der Waals surface area (Å²) in [6, 6.07) is 6.78. The van der Waals surface area contributed by atoms with Crippen molar-refractivity contribution in [3.05, 3.63) is 57.7 Å². The molecule has 126 valence electrons. The Morgan fingerprint density at radius 3 is 2.58 bits per heavy atom. The van der Waals surface area contributed by atoms with E-state index in [0.717, 1.165) is 23.5 Å². The molecule has 0 radical (unpaired) electrons. The molecule has 9 heteroatoms. The molecule has 0 bridgehead atoms. The molecule has 1 heterocycles. The van der Waals surface area contributed by atoms with E-state index in [-0.39, 0.29) is 15.5 Å². The van der Waals surface area contributed by atoms with Gasteiger partial charge in [0, 0.05) is 12.6 Å². The van der Waals surface area contributed by atoms with Crippen LogP contribution < -0.4 is 9.60 Å². The molecule has 0 unspecified atom stereocenters. The summed E-state index contributed by atoms with van der Waals surface area (Å²) in [5, 5.41) is 0. The average Bonchev–Trinajstić information content (AvgIpc) is 2.84. The highest BCUT2D eigenvalue weighted by Crippen LogP contribution is 2.24. The highest BCUT2D eigenvalue weighted by molar-refractivity contribution is 7.92. The van der Waals surface area contributed by atoms with Crippen LogP contribution in [0.4, 0.5) is 14.5 Å². The molecule has 0 atom stereocenters. The minimum Gasteiger partial charge on any atom is -0.299 e. The number of aryl methyl sites for hydroxylation is 1. The predicted octanol–water partition coefficient (Wildman–Crippen LogP) is 3.16. The fraction of sp³-hybridized carbons (Fsp3) is 0.133. The van der Waals surface area contributed by atoms with Crippen molar-refractivity contribution in [2.75, 3.05) is 4.72 Å². The van der Waals surface area contributed by atoms with E-state index in [1.807, 2.05) is 6.92 Å². The highest BCUT2D eigenvalue weighted by Gasteiger charge is 2.18. The van der Waals surface area contributed by atoms with E-state index < -0.39 is 21.7 Å². The van der Waals surface area contributed by atoms with E-state index in [0.29, 0.717) is 22.8 Å². The first-order valence-corrected chi connectivity index (χ1v) is 9.23. The van der Waals surface area contributed by atoms with E-state index >= 15 is 0 Å². The topological polar surface area (TPSA) is 68.2 Å². The van der Waals surface area contributed by atoms with Gasteiger partial charge in [0.15, 0.2) is 0 Å². The van der Waals surface area contributed by atoms with Gasteiger partial charge in [-0.15, -0.1) is 0 Å². The largest absolute Gasteiger partial charge is 0.308 e. The van der Waals surface area contributed by atoms with Gasteiger partial charge in [0.2, 0.25) is 0 Å². The molecule has 1 aromatic heterocycles. The van der Waals surface area contributed by atoms with Crippen LogP contribution in [0.25, 0.3) is 10.2 Å². The molecule has 1 N–H and O–H groups in total. The van der Waals surface area contributed by atoms with Gasteiger partial charge < -0.3 is 0 Å². The fourth-order valence-corrected chi connectivity index (χ4v) is 4.45. The number of fused-ring (bicyclic) bond motifs is 1. The smallest absolute Gasteiger partial charge is 0.299 e. The Morgan fingerprint density at radius 2 is 1.92 bits per heavy atom. The van der Waals surface area contributed by atoms with Gasteiger partial charge in [-0.1, -0.05) is 11.3 Å². The third-order valence-electron chi connectivity index (χ3n) is 3.44. The SMILES string of the molecule is CCn1c(=O)sc2cc(S(=O)(=O)Nc3ccc(F)cc3F)ccc21. The summed E-state index contributed by atoms with van der Waals surface area (Å²) in [6.07, 6.45) is 0. The van der Waals surface area contributed by atoms with Crippen LogP contribution >= 0.6 is 11.3 Å². The third-order valence-corrected chi connectivity index (χ3v) is 5.75. The number of anilines is 1. The molecule has 0 fully saturated rings. The molecular formula is C15H12F2N2O3S2. The fourth-order valence-electron chi connectivity index (χ4n) is 2.29. The minimum atomic E-state index is -4.07. The number of rotatable bonds is 4. The maximum Gasteiger partial charge on any atom is 0.308 e. The molecule has 5 nitrogen and oxygen atoms in total. The molecule has 0 aliphatic carbocycles. The summed E-state index contributed by atoms with van der Waals surface area (Å²) in [5.74, 6) is -1.82. The van der Waals surface area contributed by atoms with Crippen molar-refractivity contribution < 1.29 is 17.2 Å². The number of nitrogens with zero attached hydrogens (tertiary/aromatic N) is 1. The molecule has 0 saturated heterocycles. The number of sulfonamides is 1. The Hall–Kier alpha value is -2.26. The van der Waals surface area contributed by atoms with Gasteiger partial charge in [0.25, 0.3) is 10.0 Å². The molecule has 2 aromatic carbocycles. The molecule has 3 aromatic rings. The first-order chi connectivity index (χ1) is 11.3. The number of halogens is 2. The van der Waals surface area contributed by atoms with Crippen LogP contribution in [0.3, 0.4) is 0 Å². The Labute approximate surface area is 140 Å². The Morgan fingerprint density at radius 1 is 1.17 bits per heavy atom. The Kier molecular flexibility index (Phi) is 4.14. The van der Waals surface area contributed by atoms with E-state index in [2.05, 4.69) is 4.72 Å². The first-order valence-electron chi connectivity index (χ1n) is 6.93. The summed E-state index contributed by atoms with van der Waals surface area (Å²) >= 11 is 0.937. The van der Waals surface area contributed by atoms with Gasteiger partial charge >= 0.3 is 4.87 Å². The van der Waals surface area contributed by atoms with E-state index in [1.54, 1.807) is 0 Å². The van der Waals surface area contributed by atoms with Gasteiger partial charge in [-0.25, -0.2) is 17.2 Å². The number of hydrogen-bond acceptors (Lipinski definition) is 4. The number of benzene rings is 2. The van der Waals surface area contributed by atoms with Gasteiger partial charge in [0.05, 0.1) is 20.8 Å². The third kappa shape index (κ3) is 2.92. The van der Waals surface area contributed by atoms with Gasteiger partial charge in [-0.3, -0.25) is 14.1 Å². The average molecular weight is 370 g/mol. The highest BCUT2D eigenvalue weighted by atomic mass is 32.2. The van der Waals surface area contributed by atoms with Crippen molar-refractivity contribution in [2.45, 2.75) is 18.4 Å². The Bertz CT molecular complexity index is 1090. The quantitative estimate of drug-likeness (QED) is 0.767. The molecule has 0 saturated carbocycles. The monoisotopic (exact) mass is 370 g/mol. The lowest BCUT2D eigenvalue weighted by Gasteiger charge is -2.09. The number of nitrogens with one attached hydrogen (secondary N) is 1. The summed E-state index contributed by atoms with van der Waals surface area (Å²) in [4.78, 5) is 11.5. The lowest BCUT2D eigenvalue weighted by Crippen LogP contribution is -2.14. The molecule has 24 heavy (non-hydrogen) atoms. The minimum absolute atomic E-state index is 0.108. The molecule has 0 aliphatic rings. The van der Waals surface area contributed by atoms with Crippen molar-refractivity contribution in [1.29, 1.82) is 0 Å². The standard InChI is InChI=1S/C15H12F2N2O3S2/c1-2-19-13-6-4-10(8-14(13)23-15(19)20)24(21,22)18-12-5-3-9(16)7-11(12)17/h3-8,18H,2H2,1H3. The van der Waals surface area contributed by atoms with Crippen molar-refractivity contribution in [3.8, 4) is 0 Å². The number of thiazole rings is 1. The second-order valence-electron chi connectivity index (χ2n) is 4.97. The number of hydrogen-bond donors (Lipinski definition) is 1. The van der Waals surface area contributed by atoms with Gasteiger partial charge in [0.1, 0.15) is 11.6 Å². The maximum absolute atomic E-state index is 13.6. The summed E-state index contributed by atoms with van der Waals surface area (Å²) < 4.78 is 55.5. The van der Waals surface area contributed by atoms with Crippen molar-refractivity contribution in [2.24, 2.45) is 0 Å². The second-order valence-corrected chi connectivity index (χ2v) is 7.65. The van der Waals surface area contributed by atoms with E-state index in [9.17, 15) is 22.0 Å². The zero-order valence-electron chi connectivity index (χ0n) is 12.4. The van der Waals surface area contributed by atoms with Crippen LogP contribution in [0.1, 0.15) is 6.92 Å². The van der Waals surface area contributed by atoms with Crippen LogP contribution in [-0.2, 0) is 16.6 Å². The lowest BCUT2D eigenvalue weighted by molar-refractivity contribution is 0.583.